The number of carbonyl (C=O) groups excluding carboxylic acids is 1. The number of ether oxygens (including phenoxy) is 1. The highest BCUT2D eigenvalue weighted by molar-refractivity contribution is 5.67. The number of anilines is 1. The minimum Gasteiger partial charge on any atom is -0.445 e. The Hall–Kier alpha value is -2.49. The lowest BCUT2D eigenvalue weighted by molar-refractivity contribution is 0.103. The van der Waals surface area contributed by atoms with Gasteiger partial charge >= 0.3 is 6.09 Å². The van der Waals surface area contributed by atoms with Gasteiger partial charge in [0.1, 0.15) is 6.61 Å². The van der Waals surface area contributed by atoms with Crippen molar-refractivity contribution in [2.45, 2.75) is 13.2 Å². The number of hydrogen-bond acceptors (Lipinski definition) is 3. The van der Waals surface area contributed by atoms with Gasteiger partial charge < -0.3 is 15.4 Å². The van der Waals surface area contributed by atoms with Gasteiger partial charge in [0.05, 0.1) is 0 Å². The van der Waals surface area contributed by atoms with Crippen LogP contribution >= 0.6 is 0 Å². The van der Waals surface area contributed by atoms with Gasteiger partial charge in [-0.2, -0.15) is 0 Å². The van der Waals surface area contributed by atoms with Crippen molar-refractivity contribution in [3.05, 3.63) is 65.7 Å². The molecule has 0 saturated heterocycles. The molecule has 0 unspecified atom stereocenters. The van der Waals surface area contributed by atoms with Crippen LogP contribution in [0.4, 0.5) is 10.5 Å². The van der Waals surface area contributed by atoms with Crippen LogP contribution in [0.1, 0.15) is 11.1 Å². The van der Waals surface area contributed by atoms with Crippen molar-refractivity contribution in [3.63, 3.8) is 0 Å². The number of nitrogens with zero attached hydrogens (tertiary/aromatic N) is 1. The first-order valence-corrected chi connectivity index (χ1v) is 6.41. The smallest absolute Gasteiger partial charge is 0.410 e. The van der Waals surface area contributed by atoms with Gasteiger partial charge in [0, 0.05) is 19.3 Å². The summed E-state index contributed by atoms with van der Waals surface area (Å²) < 4.78 is 5.25. The average molecular weight is 270 g/mol. The lowest BCUT2D eigenvalue weighted by Crippen LogP contribution is -2.26. The van der Waals surface area contributed by atoms with Gasteiger partial charge in [0.25, 0.3) is 0 Å². The summed E-state index contributed by atoms with van der Waals surface area (Å²) >= 11 is 0. The predicted octanol–water partition coefficient (Wildman–Crippen LogP) is 3.04. The fraction of sp³-hybridized carbons (Fsp3) is 0.188. The van der Waals surface area contributed by atoms with Crippen LogP contribution in [-0.2, 0) is 17.9 Å². The molecular formula is C16H18N2O2. The molecule has 2 aromatic rings. The minimum atomic E-state index is -0.351. The molecule has 0 spiro atoms. The van der Waals surface area contributed by atoms with E-state index in [1.807, 2.05) is 54.6 Å². The largest absolute Gasteiger partial charge is 0.445 e. The van der Waals surface area contributed by atoms with Gasteiger partial charge in [-0.25, -0.2) is 4.79 Å². The van der Waals surface area contributed by atoms with Crippen molar-refractivity contribution >= 4 is 11.8 Å². The first kappa shape index (κ1) is 13.9. The fourth-order valence-corrected chi connectivity index (χ4v) is 1.86. The summed E-state index contributed by atoms with van der Waals surface area (Å²) in [5.74, 6) is 0. The molecule has 2 aromatic carbocycles. The van der Waals surface area contributed by atoms with Gasteiger partial charge in [-0.3, -0.25) is 0 Å². The number of nitrogen functional groups attached to an aromatic ring is 1. The van der Waals surface area contributed by atoms with Crippen molar-refractivity contribution < 1.29 is 9.53 Å². The second kappa shape index (κ2) is 6.61. The van der Waals surface area contributed by atoms with Crippen molar-refractivity contribution in [1.82, 2.24) is 4.90 Å². The van der Waals surface area contributed by atoms with Crippen LogP contribution in [0.15, 0.2) is 54.6 Å². The molecule has 0 bridgehead atoms. The quantitative estimate of drug-likeness (QED) is 0.869. The van der Waals surface area contributed by atoms with Crippen LogP contribution in [0.25, 0.3) is 0 Å². The van der Waals surface area contributed by atoms with Crippen molar-refractivity contribution in [2.75, 3.05) is 12.8 Å². The van der Waals surface area contributed by atoms with E-state index in [1.54, 1.807) is 7.05 Å². The number of carbonyl (C=O) groups is 1. The van der Waals surface area contributed by atoms with E-state index in [4.69, 9.17) is 10.5 Å². The SMILES string of the molecule is CN(Cc1cccc(N)c1)C(=O)OCc1ccccc1. The Kier molecular flexibility index (Phi) is 4.60. The van der Waals surface area contributed by atoms with Gasteiger partial charge in [-0.1, -0.05) is 42.5 Å². The fourth-order valence-electron chi connectivity index (χ4n) is 1.86. The Morgan fingerprint density at radius 1 is 1.10 bits per heavy atom. The molecule has 0 aliphatic heterocycles. The van der Waals surface area contributed by atoms with Crippen molar-refractivity contribution in [3.8, 4) is 0 Å². The molecule has 0 aromatic heterocycles. The number of benzene rings is 2. The maximum atomic E-state index is 11.9. The normalized spacial score (nSPS) is 10.1. The molecule has 0 fully saturated rings. The monoisotopic (exact) mass is 270 g/mol. The molecule has 104 valence electrons. The third kappa shape index (κ3) is 4.02. The number of hydrogen-bond donors (Lipinski definition) is 1. The number of nitrogens with two attached hydrogens (primary N) is 1. The van der Waals surface area contributed by atoms with E-state index in [-0.39, 0.29) is 12.7 Å². The molecule has 20 heavy (non-hydrogen) atoms. The van der Waals surface area contributed by atoms with Crippen LogP contribution in [0, 0.1) is 0 Å². The van der Waals surface area contributed by atoms with E-state index >= 15 is 0 Å². The third-order valence-electron chi connectivity index (χ3n) is 2.89. The molecule has 2 rings (SSSR count). The number of amides is 1. The standard InChI is InChI=1S/C16H18N2O2/c1-18(11-14-8-5-9-15(17)10-14)16(19)20-12-13-6-3-2-4-7-13/h2-10H,11-12,17H2,1H3. The molecule has 1 amide bonds. The molecule has 0 atom stereocenters. The Labute approximate surface area is 118 Å². The zero-order valence-electron chi connectivity index (χ0n) is 11.5. The maximum absolute atomic E-state index is 11.9. The summed E-state index contributed by atoms with van der Waals surface area (Å²) in [6, 6.07) is 17.1. The zero-order valence-corrected chi connectivity index (χ0v) is 11.5. The lowest BCUT2D eigenvalue weighted by atomic mass is 10.2. The minimum absolute atomic E-state index is 0.279. The Morgan fingerprint density at radius 2 is 1.80 bits per heavy atom. The molecule has 2 N–H and O–H groups in total. The molecule has 0 aliphatic carbocycles. The summed E-state index contributed by atoms with van der Waals surface area (Å²) in [6.45, 7) is 0.750. The van der Waals surface area contributed by atoms with E-state index in [1.165, 1.54) is 4.90 Å². The van der Waals surface area contributed by atoms with E-state index in [0.29, 0.717) is 12.2 Å². The summed E-state index contributed by atoms with van der Waals surface area (Å²) in [4.78, 5) is 13.4. The van der Waals surface area contributed by atoms with Crippen LogP contribution in [-0.4, -0.2) is 18.0 Å². The summed E-state index contributed by atoms with van der Waals surface area (Å²) in [7, 11) is 1.70. The topological polar surface area (TPSA) is 55.6 Å². The lowest BCUT2D eigenvalue weighted by Gasteiger charge is -2.17. The second-order valence-electron chi connectivity index (χ2n) is 4.64. The predicted molar refractivity (Wildman–Crippen MR) is 78.9 cm³/mol. The van der Waals surface area contributed by atoms with E-state index in [0.717, 1.165) is 11.1 Å². The molecular weight excluding hydrogens is 252 g/mol. The van der Waals surface area contributed by atoms with Gasteiger partial charge in [0.2, 0.25) is 0 Å². The van der Waals surface area contributed by atoms with Gasteiger partial charge in [-0.15, -0.1) is 0 Å². The first-order chi connectivity index (χ1) is 9.65. The van der Waals surface area contributed by atoms with Crippen molar-refractivity contribution in [1.29, 1.82) is 0 Å². The molecule has 0 saturated carbocycles. The van der Waals surface area contributed by atoms with E-state index in [9.17, 15) is 4.79 Å². The zero-order chi connectivity index (χ0) is 14.4. The third-order valence-corrected chi connectivity index (χ3v) is 2.89. The molecule has 4 nitrogen and oxygen atoms in total. The molecule has 0 radical (unpaired) electrons. The Bertz CT molecular complexity index is 570. The maximum Gasteiger partial charge on any atom is 0.410 e. The van der Waals surface area contributed by atoms with Gasteiger partial charge in [-0.05, 0) is 23.3 Å². The van der Waals surface area contributed by atoms with Gasteiger partial charge in [0.15, 0.2) is 0 Å². The first-order valence-electron chi connectivity index (χ1n) is 6.41. The van der Waals surface area contributed by atoms with Crippen LogP contribution in [0.3, 0.4) is 0 Å². The van der Waals surface area contributed by atoms with E-state index in [2.05, 4.69) is 0 Å². The van der Waals surface area contributed by atoms with Crippen molar-refractivity contribution in [2.24, 2.45) is 0 Å². The molecule has 4 heteroatoms. The van der Waals surface area contributed by atoms with Crippen LogP contribution < -0.4 is 5.73 Å². The van der Waals surface area contributed by atoms with E-state index < -0.39 is 0 Å². The Morgan fingerprint density at radius 3 is 2.50 bits per heavy atom. The highest BCUT2D eigenvalue weighted by Crippen LogP contribution is 2.10. The summed E-state index contributed by atoms with van der Waals surface area (Å²) in [5.41, 5.74) is 8.35. The molecule has 0 heterocycles. The summed E-state index contributed by atoms with van der Waals surface area (Å²) in [6.07, 6.45) is -0.351. The van der Waals surface area contributed by atoms with Crippen LogP contribution in [0.5, 0.6) is 0 Å². The summed E-state index contributed by atoms with van der Waals surface area (Å²) in [5, 5.41) is 0. The highest BCUT2D eigenvalue weighted by Gasteiger charge is 2.10. The Balaban J connectivity index is 1.86. The molecule has 0 aliphatic rings. The van der Waals surface area contributed by atoms with Crippen LogP contribution in [0.2, 0.25) is 0 Å². The second-order valence-corrected chi connectivity index (χ2v) is 4.64. The average Bonchev–Trinajstić information content (AvgIpc) is 2.46. The highest BCUT2D eigenvalue weighted by atomic mass is 16.6. The number of rotatable bonds is 4.